The Morgan fingerprint density at radius 1 is 0.881 bits per heavy atom. The molecule has 4 rings (SSSR count). The average Bonchev–Trinajstić information content (AvgIpc) is 3.02. The van der Waals surface area contributed by atoms with E-state index in [-0.39, 0.29) is 30.2 Å². The lowest BCUT2D eigenvalue weighted by atomic mass is 10.00. The molecule has 0 aliphatic rings. The number of carbonyl (C=O) groups is 3. The van der Waals surface area contributed by atoms with Crippen molar-refractivity contribution in [2.75, 3.05) is 23.4 Å². The molecule has 0 heterocycles. The maximum Gasteiger partial charge on any atom is 0.326 e. The van der Waals surface area contributed by atoms with Crippen LogP contribution in [0.3, 0.4) is 0 Å². The number of hydrogen-bond acceptors (Lipinski definition) is 5. The third-order valence-electron chi connectivity index (χ3n) is 6.74. The molecule has 7 nitrogen and oxygen atoms in total. The van der Waals surface area contributed by atoms with Gasteiger partial charge in [-0.1, -0.05) is 73.7 Å². The molecule has 0 saturated carbocycles. The summed E-state index contributed by atoms with van der Waals surface area (Å²) in [5, 5.41) is 13.0. The Kier molecular flexibility index (Phi) is 10.4. The summed E-state index contributed by atoms with van der Waals surface area (Å²) in [7, 11) is 0. The highest BCUT2D eigenvalue weighted by atomic mass is 19.1. The monoisotopic (exact) mass is 568 g/mol. The van der Waals surface area contributed by atoms with E-state index in [2.05, 4.69) is 5.32 Å². The van der Waals surface area contributed by atoms with Gasteiger partial charge in [-0.25, -0.2) is 9.18 Å². The van der Waals surface area contributed by atoms with Crippen molar-refractivity contribution in [3.63, 3.8) is 0 Å². The Bertz CT molecular complexity index is 1510. The summed E-state index contributed by atoms with van der Waals surface area (Å²) in [6.45, 7) is 2.36. The summed E-state index contributed by atoms with van der Waals surface area (Å²) in [6, 6.07) is 28.0. The number of para-hydroxylation sites is 2. The van der Waals surface area contributed by atoms with Gasteiger partial charge in [-0.3, -0.25) is 9.59 Å². The minimum absolute atomic E-state index is 0.168. The third kappa shape index (κ3) is 7.81. The minimum atomic E-state index is -1.04. The van der Waals surface area contributed by atoms with Crippen LogP contribution in [0.1, 0.15) is 41.3 Å². The van der Waals surface area contributed by atoms with Crippen molar-refractivity contribution < 1.29 is 28.6 Å². The highest BCUT2D eigenvalue weighted by Gasteiger charge is 2.22. The lowest BCUT2D eigenvalue weighted by Crippen LogP contribution is -2.32. The van der Waals surface area contributed by atoms with Gasteiger partial charge in [0, 0.05) is 36.2 Å². The number of aliphatic carboxylic acids is 1. The van der Waals surface area contributed by atoms with Crippen molar-refractivity contribution in [1.29, 1.82) is 0 Å². The molecule has 42 heavy (non-hydrogen) atoms. The average molecular weight is 569 g/mol. The van der Waals surface area contributed by atoms with Gasteiger partial charge in [-0.15, -0.1) is 0 Å². The molecule has 0 saturated heterocycles. The number of amides is 1. The van der Waals surface area contributed by atoms with Gasteiger partial charge in [0.2, 0.25) is 5.91 Å². The summed E-state index contributed by atoms with van der Waals surface area (Å²) in [5.74, 6) is -1.26. The molecule has 0 unspecified atom stereocenters. The Morgan fingerprint density at radius 2 is 1.55 bits per heavy atom. The predicted molar refractivity (Wildman–Crippen MR) is 161 cm³/mol. The van der Waals surface area contributed by atoms with Gasteiger partial charge in [-0.05, 0) is 48.4 Å². The molecule has 0 aromatic heterocycles. The maximum atomic E-state index is 14.3. The molecule has 4 aromatic carbocycles. The van der Waals surface area contributed by atoms with E-state index in [0.29, 0.717) is 42.1 Å². The molecule has 216 valence electrons. The van der Waals surface area contributed by atoms with Crippen LogP contribution < -0.4 is 15.0 Å². The number of carboxylic acids is 1. The summed E-state index contributed by atoms with van der Waals surface area (Å²) in [6.07, 6.45) is 0.936. The lowest BCUT2D eigenvalue weighted by molar-refractivity contribution is -0.137. The zero-order valence-corrected chi connectivity index (χ0v) is 23.3. The quantitative estimate of drug-likeness (QED) is 0.135. The second-order valence-corrected chi connectivity index (χ2v) is 9.68. The second kappa shape index (κ2) is 14.6. The van der Waals surface area contributed by atoms with Gasteiger partial charge in [0.25, 0.3) is 0 Å². The van der Waals surface area contributed by atoms with Crippen LogP contribution in [0.5, 0.6) is 5.75 Å². The first-order valence-electron chi connectivity index (χ1n) is 13.8. The van der Waals surface area contributed by atoms with E-state index in [0.717, 1.165) is 5.56 Å². The van der Waals surface area contributed by atoms with Crippen LogP contribution in [0.2, 0.25) is 0 Å². The largest absolute Gasteiger partial charge is 0.494 e. The first-order chi connectivity index (χ1) is 20.4. The van der Waals surface area contributed by atoms with E-state index in [9.17, 15) is 23.9 Å². The van der Waals surface area contributed by atoms with Crippen molar-refractivity contribution in [2.24, 2.45) is 0 Å². The first kappa shape index (κ1) is 30.0. The number of rotatable bonds is 14. The SMILES string of the molecule is CCC(=O)N(CCCOc1ccc(C[C@H](Nc2ccccc2C(=O)c2ccccc2)C(=O)O)cc1)c1ccccc1F. The molecule has 0 fully saturated rings. The molecule has 0 bridgehead atoms. The van der Waals surface area contributed by atoms with Crippen molar-refractivity contribution >= 4 is 29.0 Å². The second-order valence-electron chi connectivity index (χ2n) is 9.68. The third-order valence-corrected chi connectivity index (χ3v) is 6.74. The molecule has 0 aliphatic heterocycles. The number of ether oxygens (including phenoxy) is 1. The molecule has 0 radical (unpaired) electrons. The first-order valence-corrected chi connectivity index (χ1v) is 13.8. The standard InChI is InChI=1S/C34H33FN2O5/c1-2-32(38)37(31-16-9-7-14-28(31)35)21-10-22-42-26-19-17-24(18-20-26)23-30(34(40)41)36-29-15-8-6-13-27(29)33(39)25-11-4-3-5-12-25/h3-9,11-20,30,36H,2,10,21-23H2,1H3,(H,40,41)/t30-/m0/s1. The maximum absolute atomic E-state index is 14.3. The van der Waals surface area contributed by atoms with Gasteiger partial charge < -0.3 is 20.1 Å². The number of hydrogen-bond donors (Lipinski definition) is 2. The van der Waals surface area contributed by atoms with Crippen LogP contribution in [0.4, 0.5) is 15.8 Å². The fourth-order valence-electron chi connectivity index (χ4n) is 4.55. The van der Waals surface area contributed by atoms with Gasteiger partial charge in [-0.2, -0.15) is 0 Å². The van der Waals surface area contributed by atoms with Crippen molar-refractivity contribution in [2.45, 2.75) is 32.2 Å². The zero-order valence-electron chi connectivity index (χ0n) is 23.3. The van der Waals surface area contributed by atoms with Gasteiger partial charge >= 0.3 is 5.97 Å². The van der Waals surface area contributed by atoms with E-state index < -0.39 is 17.8 Å². The Hall–Kier alpha value is -4.98. The van der Waals surface area contributed by atoms with Crippen LogP contribution >= 0.6 is 0 Å². The fraction of sp³-hybridized carbons (Fsp3) is 0.206. The Labute approximate surface area is 244 Å². The van der Waals surface area contributed by atoms with E-state index in [4.69, 9.17) is 4.74 Å². The highest BCUT2D eigenvalue weighted by Crippen LogP contribution is 2.23. The minimum Gasteiger partial charge on any atom is -0.494 e. The molecule has 4 aromatic rings. The van der Waals surface area contributed by atoms with E-state index in [1.165, 1.54) is 11.0 Å². The normalized spacial score (nSPS) is 11.4. The number of carbonyl (C=O) groups excluding carboxylic acids is 2. The fourth-order valence-corrected chi connectivity index (χ4v) is 4.55. The predicted octanol–water partition coefficient (Wildman–Crippen LogP) is 6.38. The van der Waals surface area contributed by atoms with Gasteiger partial charge in [0.1, 0.15) is 17.6 Å². The lowest BCUT2D eigenvalue weighted by Gasteiger charge is -2.23. The number of nitrogens with zero attached hydrogens (tertiary/aromatic N) is 1. The van der Waals surface area contributed by atoms with Gasteiger partial charge in [0.15, 0.2) is 5.78 Å². The molecule has 8 heteroatoms. The van der Waals surface area contributed by atoms with Crippen LogP contribution in [0.15, 0.2) is 103 Å². The molecule has 0 aliphatic carbocycles. The van der Waals surface area contributed by atoms with Crippen LogP contribution in [-0.4, -0.2) is 42.0 Å². The highest BCUT2D eigenvalue weighted by molar-refractivity contribution is 6.12. The van der Waals surface area contributed by atoms with E-state index >= 15 is 0 Å². The molecule has 0 spiro atoms. The van der Waals surface area contributed by atoms with E-state index in [1.807, 2.05) is 6.07 Å². The number of ketones is 1. The van der Waals surface area contributed by atoms with Crippen molar-refractivity contribution in [3.8, 4) is 5.75 Å². The number of nitrogens with one attached hydrogen (secondary N) is 1. The number of anilines is 2. The van der Waals surface area contributed by atoms with Crippen molar-refractivity contribution in [1.82, 2.24) is 0 Å². The molecule has 1 atom stereocenters. The Balaban J connectivity index is 1.35. The van der Waals surface area contributed by atoms with Gasteiger partial charge in [0.05, 0.1) is 12.3 Å². The number of benzene rings is 4. The molecular formula is C34H33FN2O5. The van der Waals surface area contributed by atoms with Crippen LogP contribution in [0.25, 0.3) is 0 Å². The van der Waals surface area contributed by atoms with Crippen LogP contribution in [-0.2, 0) is 16.0 Å². The molecule has 1 amide bonds. The summed E-state index contributed by atoms with van der Waals surface area (Å²) >= 11 is 0. The van der Waals surface area contributed by atoms with Crippen molar-refractivity contribution in [3.05, 3.63) is 126 Å². The molecule has 2 N–H and O–H groups in total. The van der Waals surface area contributed by atoms with Crippen LogP contribution in [0, 0.1) is 5.82 Å². The number of halogens is 1. The summed E-state index contributed by atoms with van der Waals surface area (Å²) in [4.78, 5) is 39.0. The summed E-state index contributed by atoms with van der Waals surface area (Å²) < 4.78 is 20.1. The number of carboxylic acid groups (broad SMARTS) is 1. The summed E-state index contributed by atoms with van der Waals surface area (Å²) in [5.41, 5.74) is 2.39. The zero-order chi connectivity index (χ0) is 29.9. The Morgan fingerprint density at radius 3 is 2.24 bits per heavy atom. The van der Waals surface area contributed by atoms with E-state index in [1.54, 1.807) is 97.9 Å². The topological polar surface area (TPSA) is 95.9 Å². The smallest absolute Gasteiger partial charge is 0.326 e. The molecular weight excluding hydrogens is 535 g/mol.